The van der Waals surface area contributed by atoms with Crippen LogP contribution in [-0.4, -0.2) is 0 Å². The van der Waals surface area contributed by atoms with Gasteiger partial charge in [-0.15, -0.1) is 0 Å². The Bertz CT molecular complexity index is 134. The Morgan fingerprint density at radius 1 is 0.500 bits per heavy atom. The molecule has 0 atom stereocenters. The van der Waals surface area contributed by atoms with Crippen molar-refractivity contribution in [2.45, 2.75) is 27.7 Å². The Balaban J connectivity index is 2.29. The minimum Gasteiger partial charge on any atom is -0.0579 e. The zero-order valence-electron chi connectivity index (χ0n) is 6.00. The van der Waals surface area contributed by atoms with E-state index in [4.69, 9.17) is 0 Å². The van der Waals surface area contributed by atoms with Gasteiger partial charge in [0.15, 0.2) is 0 Å². The van der Waals surface area contributed by atoms with E-state index in [1.54, 1.807) is 0 Å². The Morgan fingerprint density at radius 2 is 0.625 bits per heavy atom. The third kappa shape index (κ3) is 0.0709. The molecule has 0 heteroatoms. The zero-order chi connectivity index (χ0) is 6.00. The average molecular weight is 108 g/mol. The highest BCUT2D eigenvalue weighted by Crippen LogP contribution is 3.32. The van der Waals surface area contributed by atoms with Crippen molar-refractivity contribution in [2.24, 2.45) is 21.7 Å². The summed E-state index contributed by atoms with van der Waals surface area (Å²) < 4.78 is 0. The Labute approximate surface area is 50.3 Å². The molecule has 0 aromatic rings. The van der Waals surface area contributed by atoms with Gasteiger partial charge in [-0.2, -0.15) is 0 Å². The highest BCUT2D eigenvalue weighted by molar-refractivity contribution is 5.74. The second-order valence-corrected chi connectivity index (χ2v) is 4.50. The second-order valence-electron chi connectivity index (χ2n) is 4.50. The maximum Gasteiger partial charge on any atom is -0.0130 e. The van der Waals surface area contributed by atoms with Crippen molar-refractivity contribution < 1.29 is 0 Å². The summed E-state index contributed by atoms with van der Waals surface area (Å²) in [4.78, 5) is 0. The van der Waals surface area contributed by atoms with Crippen LogP contribution in [0.1, 0.15) is 27.7 Å². The van der Waals surface area contributed by atoms with Crippen LogP contribution in [0, 0.1) is 21.7 Å². The molecule has 0 amide bonds. The van der Waals surface area contributed by atoms with Crippen LogP contribution in [0.2, 0.25) is 0 Å². The summed E-state index contributed by atoms with van der Waals surface area (Å²) in [6, 6.07) is 0. The molecule has 4 aliphatic carbocycles. The molecule has 0 aromatic carbocycles. The monoisotopic (exact) mass is 108 g/mol. The Morgan fingerprint density at radius 3 is 0.625 bits per heavy atom. The van der Waals surface area contributed by atoms with Gasteiger partial charge in [-0.25, -0.2) is 0 Å². The maximum atomic E-state index is 2.44. The minimum atomic E-state index is 0.812. The van der Waals surface area contributed by atoms with Crippen LogP contribution in [0.5, 0.6) is 0 Å². The molecule has 0 radical (unpaired) electrons. The predicted molar refractivity (Wildman–Crippen MR) is 32.4 cm³/mol. The van der Waals surface area contributed by atoms with E-state index in [2.05, 4.69) is 27.7 Å². The molecular formula is C8H12. The van der Waals surface area contributed by atoms with Crippen LogP contribution in [0.4, 0.5) is 0 Å². The lowest BCUT2D eigenvalue weighted by Gasteiger charge is -1.64. The zero-order valence-corrected chi connectivity index (χ0v) is 6.00. The lowest BCUT2D eigenvalue weighted by atomic mass is 10.4. The fourth-order valence-electron chi connectivity index (χ4n) is 4.31. The topological polar surface area (TPSA) is 0 Å². The van der Waals surface area contributed by atoms with E-state index in [1.165, 1.54) is 0 Å². The predicted octanol–water partition coefficient (Wildman–Crippen LogP) is 2.05. The first kappa shape index (κ1) is 3.92. The highest BCUT2D eigenvalue weighted by atomic mass is 15.3. The highest BCUT2D eigenvalue weighted by Gasteiger charge is 3.29. The smallest absolute Gasteiger partial charge is 0.0130 e. The van der Waals surface area contributed by atoms with E-state index < -0.39 is 0 Å². The van der Waals surface area contributed by atoms with Crippen LogP contribution in [0.25, 0.3) is 0 Å². The molecule has 0 bridgehead atoms. The molecule has 0 aromatic heterocycles. The van der Waals surface area contributed by atoms with Gasteiger partial charge in [0.25, 0.3) is 0 Å². The maximum absolute atomic E-state index is 2.44. The van der Waals surface area contributed by atoms with E-state index in [9.17, 15) is 0 Å². The van der Waals surface area contributed by atoms with E-state index in [0.29, 0.717) is 0 Å². The summed E-state index contributed by atoms with van der Waals surface area (Å²) in [6.45, 7) is 9.75. The molecule has 4 aliphatic rings. The van der Waals surface area contributed by atoms with E-state index in [1.807, 2.05) is 0 Å². The summed E-state index contributed by atoms with van der Waals surface area (Å²) in [5, 5.41) is 0. The molecule has 0 N–H and O–H groups in total. The van der Waals surface area contributed by atoms with Gasteiger partial charge in [-0.05, 0) is 21.7 Å². The lowest BCUT2D eigenvalue weighted by Crippen LogP contribution is -1.58. The fraction of sp³-hybridized carbons (Fsp3) is 1.00. The quantitative estimate of drug-likeness (QED) is 0.445. The second kappa shape index (κ2) is 0.438. The molecule has 0 saturated heterocycles. The van der Waals surface area contributed by atoms with Crippen molar-refractivity contribution in [1.82, 2.24) is 0 Å². The summed E-state index contributed by atoms with van der Waals surface area (Å²) in [7, 11) is 0. The van der Waals surface area contributed by atoms with Gasteiger partial charge in [-0.1, -0.05) is 27.7 Å². The Kier molecular flexibility index (Phi) is 0.214. The molecule has 44 valence electrons. The van der Waals surface area contributed by atoms with E-state index in [0.717, 1.165) is 21.7 Å². The molecule has 0 heterocycles. The third-order valence-corrected chi connectivity index (χ3v) is 5.75. The van der Waals surface area contributed by atoms with Gasteiger partial charge >= 0.3 is 0 Å². The van der Waals surface area contributed by atoms with Gasteiger partial charge in [0.2, 0.25) is 0 Å². The average Bonchev–Trinajstić information content (AvgIpc) is 2.46. The van der Waals surface area contributed by atoms with Crippen LogP contribution < -0.4 is 0 Å². The molecule has 4 fully saturated rings. The van der Waals surface area contributed by atoms with Crippen molar-refractivity contribution in [1.29, 1.82) is 0 Å². The third-order valence-electron chi connectivity index (χ3n) is 5.75. The van der Waals surface area contributed by atoms with Crippen molar-refractivity contribution in [3.63, 3.8) is 0 Å². The molecule has 0 aliphatic heterocycles. The van der Waals surface area contributed by atoms with Crippen molar-refractivity contribution >= 4 is 0 Å². The summed E-state index contributed by atoms with van der Waals surface area (Å²) >= 11 is 0. The largest absolute Gasteiger partial charge is 0.0579 e. The van der Waals surface area contributed by atoms with Gasteiger partial charge in [-0.3, -0.25) is 0 Å². The van der Waals surface area contributed by atoms with Gasteiger partial charge in [0.1, 0.15) is 0 Å². The Hall–Kier alpha value is 0. The van der Waals surface area contributed by atoms with Gasteiger partial charge in [0, 0.05) is 0 Å². The summed E-state index contributed by atoms with van der Waals surface area (Å²) in [5.41, 5.74) is 3.25. The SMILES string of the molecule is CC12C3(C)C1(C)C23C. The normalized spacial score (nSPS) is 97.5. The van der Waals surface area contributed by atoms with Crippen LogP contribution >= 0.6 is 0 Å². The van der Waals surface area contributed by atoms with Crippen molar-refractivity contribution in [3.05, 3.63) is 0 Å². The molecule has 0 spiro atoms. The summed E-state index contributed by atoms with van der Waals surface area (Å²) in [5.74, 6) is 0. The first-order chi connectivity index (χ1) is 3.50. The number of rotatable bonds is 0. The molecule has 8 heavy (non-hydrogen) atoms. The fourth-order valence-corrected chi connectivity index (χ4v) is 4.31. The lowest BCUT2D eigenvalue weighted by molar-refractivity contribution is 0.834. The molecule has 4 rings (SSSR count). The van der Waals surface area contributed by atoms with Gasteiger partial charge < -0.3 is 0 Å². The standard InChI is InChI=1S/C8H12/c1-5-6(2)7(5,3)8(5,6)4/h1-4H3. The number of hydrogen-bond donors (Lipinski definition) is 0. The van der Waals surface area contributed by atoms with Gasteiger partial charge in [0.05, 0.1) is 0 Å². The molecule has 0 nitrogen and oxygen atoms in total. The van der Waals surface area contributed by atoms with Crippen molar-refractivity contribution in [3.8, 4) is 0 Å². The molecule has 0 unspecified atom stereocenters. The van der Waals surface area contributed by atoms with Crippen molar-refractivity contribution in [2.75, 3.05) is 0 Å². The first-order valence-corrected chi connectivity index (χ1v) is 3.50. The van der Waals surface area contributed by atoms with Crippen LogP contribution in [-0.2, 0) is 0 Å². The molecule has 4 saturated carbocycles. The van der Waals surface area contributed by atoms with Crippen LogP contribution in [0.15, 0.2) is 0 Å². The minimum absolute atomic E-state index is 0.812. The van der Waals surface area contributed by atoms with Crippen LogP contribution in [0.3, 0.4) is 0 Å². The first-order valence-electron chi connectivity index (χ1n) is 3.50. The van der Waals surface area contributed by atoms with E-state index >= 15 is 0 Å². The molecular weight excluding hydrogens is 96.1 g/mol. The summed E-state index contributed by atoms with van der Waals surface area (Å²) in [6.07, 6.45) is 0. The van der Waals surface area contributed by atoms with E-state index in [-0.39, 0.29) is 0 Å². The number of hydrogen-bond acceptors (Lipinski definition) is 0.